The first-order chi connectivity index (χ1) is 13.1. The molecule has 27 heavy (non-hydrogen) atoms. The highest BCUT2D eigenvalue weighted by atomic mass is 32.2. The summed E-state index contributed by atoms with van der Waals surface area (Å²) in [7, 11) is 0. The van der Waals surface area contributed by atoms with E-state index in [0.717, 1.165) is 37.7 Å². The Morgan fingerprint density at radius 3 is 2.93 bits per heavy atom. The minimum absolute atomic E-state index is 0.0829. The maximum Gasteiger partial charge on any atom is 0.260 e. The van der Waals surface area contributed by atoms with Crippen molar-refractivity contribution < 1.29 is 0 Å². The predicted octanol–water partition coefficient (Wildman–Crippen LogP) is 4.99. The lowest BCUT2D eigenvalue weighted by Crippen LogP contribution is -2.10. The fraction of sp³-hybridized carbons (Fsp3) is 0.294. The number of thiophene rings is 2. The summed E-state index contributed by atoms with van der Waals surface area (Å²) in [5.41, 5.74) is 0.886. The van der Waals surface area contributed by atoms with E-state index in [0.29, 0.717) is 17.0 Å². The highest BCUT2D eigenvalue weighted by molar-refractivity contribution is 8.00. The van der Waals surface area contributed by atoms with Crippen molar-refractivity contribution in [3.63, 3.8) is 0 Å². The van der Waals surface area contributed by atoms with Gasteiger partial charge in [-0.15, -0.1) is 32.9 Å². The van der Waals surface area contributed by atoms with Crippen LogP contribution in [0.25, 0.3) is 20.7 Å². The van der Waals surface area contributed by atoms with Crippen LogP contribution in [0.3, 0.4) is 0 Å². The zero-order chi connectivity index (χ0) is 18.8. The molecular weight excluding hydrogens is 418 g/mol. The molecule has 0 spiro atoms. The molecule has 0 fully saturated rings. The molecule has 0 saturated heterocycles. The molecule has 0 aliphatic rings. The molecule has 0 unspecified atom stereocenters. The molecule has 6 nitrogen and oxygen atoms in total. The van der Waals surface area contributed by atoms with Crippen LogP contribution in [0, 0.1) is 6.92 Å². The number of hydrogen-bond donors (Lipinski definition) is 2. The second-order valence-corrected chi connectivity index (χ2v) is 10.2. The average molecular weight is 436 g/mol. The molecule has 4 aromatic rings. The smallest absolute Gasteiger partial charge is 0.260 e. The highest BCUT2D eigenvalue weighted by Crippen LogP contribution is 2.35. The van der Waals surface area contributed by atoms with Crippen molar-refractivity contribution in [1.82, 2.24) is 20.2 Å². The van der Waals surface area contributed by atoms with E-state index in [9.17, 15) is 4.79 Å². The van der Waals surface area contributed by atoms with Crippen molar-refractivity contribution in [1.29, 1.82) is 0 Å². The first-order valence-electron chi connectivity index (χ1n) is 8.41. The van der Waals surface area contributed by atoms with Crippen molar-refractivity contribution in [2.24, 2.45) is 0 Å². The number of H-pyrrole nitrogens is 1. The van der Waals surface area contributed by atoms with Gasteiger partial charge in [-0.25, -0.2) is 4.98 Å². The Morgan fingerprint density at radius 1 is 1.26 bits per heavy atom. The molecular formula is C17H17N5OS4. The number of nitrogens with zero attached hydrogens (tertiary/aromatic N) is 3. The third-order valence-electron chi connectivity index (χ3n) is 3.76. The molecule has 4 rings (SSSR count). The van der Waals surface area contributed by atoms with E-state index in [-0.39, 0.29) is 5.56 Å². The van der Waals surface area contributed by atoms with Crippen molar-refractivity contribution in [3.8, 4) is 10.4 Å². The molecule has 4 heterocycles. The Balaban J connectivity index is 1.54. The number of hydrogen-bond acceptors (Lipinski definition) is 9. The Morgan fingerprint density at radius 2 is 2.15 bits per heavy atom. The van der Waals surface area contributed by atoms with Gasteiger partial charge in [-0.3, -0.25) is 4.79 Å². The van der Waals surface area contributed by atoms with Gasteiger partial charge in [0.1, 0.15) is 10.7 Å². The molecule has 0 radical (unpaired) electrons. The standard InChI is InChI=1S/C17H17N5OS4/c1-3-6-18-16-21-22-17(27-16)25-8-12-19-14(23)13-10(7-24-15(13)20-12)11-5-4-9(2)26-11/h4-5,7H,3,6,8H2,1-2H3,(H,18,21)(H,19,20,23). The van der Waals surface area contributed by atoms with E-state index in [1.807, 2.05) is 5.38 Å². The minimum Gasteiger partial charge on any atom is -0.360 e. The van der Waals surface area contributed by atoms with Gasteiger partial charge in [-0.05, 0) is 25.5 Å². The van der Waals surface area contributed by atoms with Crippen LogP contribution in [-0.4, -0.2) is 26.7 Å². The topological polar surface area (TPSA) is 83.6 Å². The Hall–Kier alpha value is -1.75. The number of nitrogens with one attached hydrogen (secondary N) is 2. The third kappa shape index (κ3) is 4.08. The minimum atomic E-state index is -0.0829. The van der Waals surface area contributed by atoms with Crippen LogP contribution in [0.15, 0.2) is 26.6 Å². The van der Waals surface area contributed by atoms with Crippen LogP contribution in [0.2, 0.25) is 0 Å². The van der Waals surface area contributed by atoms with Crippen molar-refractivity contribution in [3.05, 3.63) is 38.6 Å². The summed E-state index contributed by atoms with van der Waals surface area (Å²) >= 11 is 6.25. The molecule has 0 aromatic carbocycles. The largest absolute Gasteiger partial charge is 0.360 e. The number of fused-ring (bicyclic) bond motifs is 1. The Kier molecular flexibility index (Phi) is 5.58. The fourth-order valence-corrected chi connectivity index (χ4v) is 6.09. The summed E-state index contributed by atoms with van der Waals surface area (Å²) < 4.78 is 0.859. The van der Waals surface area contributed by atoms with Gasteiger partial charge in [-0.1, -0.05) is 30.0 Å². The number of thioether (sulfide) groups is 1. The van der Waals surface area contributed by atoms with E-state index in [1.54, 1.807) is 11.3 Å². The quantitative estimate of drug-likeness (QED) is 0.398. The molecule has 0 saturated carbocycles. The molecule has 0 amide bonds. The zero-order valence-electron chi connectivity index (χ0n) is 14.7. The summed E-state index contributed by atoms with van der Waals surface area (Å²) in [5.74, 6) is 1.21. The van der Waals surface area contributed by atoms with Gasteiger partial charge in [0.25, 0.3) is 5.56 Å². The van der Waals surface area contributed by atoms with Crippen LogP contribution in [0.5, 0.6) is 0 Å². The monoisotopic (exact) mass is 435 g/mol. The van der Waals surface area contributed by atoms with Crippen molar-refractivity contribution in [2.45, 2.75) is 30.4 Å². The molecule has 0 aliphatic heterocycles. The van der Waals surface area contributed by atoms with Gasteiger partial charge in [-0.2, -0.15) is 0 Å². The Labute approximate surface area is 172 Å². The van der Waals surface area contributed by atoms with Gasteiger partial charge >= 0.3 is 0 Å². The summed E-state index contributed by atoms with van der Waals surface area (Å²) in [6.07, 6.45) is 1.04. The number of aromatic amines is 1. The van der Waals surface area contributed by atoms with Crippen LogP contribution in [0.4, 0.5) is 5.13 Å². The predicted molar refractivity (Wildman–Crippen MR) is 117 cm³/mol. The zero-order valence-corrected chi connectivity index (χ0v) is 18.0. The van der Waals surface area contributed by atoms with Crippen molar-refractivity contribution in [2.75, 3.05) is 11.9 Å². The van der Waals surface area contributed by atoms with Crippen LogP contribution >= 0.6 is 45.8 Å². The lowest BCUT2D eigenvalue weighted by atomic mass is 10.2. The normalized spacial score (nSPS) is 11.3. The van der Waals surface area contributed by atoms with E-state index >= 15 is 0 Å². The molecule has 0 aliphatic carbocycles. The van der Waals surface area contributed by atoms with Gasteiger partial charge in [0.2, 0.25) is 5.13 Å². The maximum atomic E-state index is 12.7. The van der Waals surface area contributed by atoms with E-state index in [2.05, 4.69) is 51.5 Å². The van der Waals surface area contributed by atoms with E-state index in [1.165, 1.54) is 39.3 Å². The molecule has 0 atom stereocenters. The number of aromatic nitrogens is 4. The van der Waals surface area contributed by atoms with Gasteiger partial charge in [0.15, 0.2) is 4.34 Å². The van der Waals surface area contributed by atoms with E-state index < -0.39 is 0 Å². The first-order valence-corrected chi connectivity index (χ1v) is 11.9. The number of rotatable bonds is 7. The Bertz CT molecular complexity index is 1130. The van der Waals surface area contributed by atoms with Crippen LogP contribution in [-0.2, 0) is 5.75 Å². The number of anilines is 1. The second-order valence-electron chi connectivity index (χ2n) is 5.84. The summed E-state index contributed by atoms with van der Waals surface area (Å²) in [6.45, 7) is 5.06. The third-order valence-corrected chi connectivity index (χ3v) is 7.70. The fourth-order valence-electron chi connectivity index (χ4n) is 2.52. The number of aryl methyl sites for hydroxylation is 1. The summed E-state index contributed by atoms with van der Waals surface area (Å²) in [6, 6.07) is 4.13. The van der Waals surface area contributed by atoms with Crippen molar-refractivity contribution >= 4 is 61.1 Å². The molecule has 140 valence electrons. The maximum absolute atomic E-state index is 12.7. The average Bonchev–Trinajstić information content (AvgIpc) is 3.37. The lowest BCUT2D eigenvalue weighted by Gasteiger charge is -2.00. The molecule has 10 heteroatoms. The van der Waals surface area contributed by atoms with Gasteiger partial charge in [0.05, 0.1) is 11.1 Å². The lowest BCUT2D eigenvalue weighted by molar-refractivity contribution is 0.950. The second kappa shape index (κ2) is 8.09. The molecule has 2 N–H and O–H groups in total. The summed E-state index contributed by atoms with van der Waals surface area (Å²) in [5, 5.41) is 15.0. The molecule has 0 bridgehead atoms. The summed E-state index contributed by atoms with van der Waals surface area (Å²) in [4.78, 5) is 23.4. The molecule has 4 aromatic heterocycles. The van der Waals surface area contributed by atoms with Crippen LogP contribution in [0.1, 0.15) is 24.0 Å². The van der Waals surface area contributed by atoms with Crippen LogP contribution < -0.4 is 10.9 Å². The van der Waals surface area contributed by atoms with E-state index in [4.69, 9.17) is 0 Å². The highest BCUT2D eigenvalue weighted by Gasteiger charge is 2.14. The van der Waals surface area contributed by atoms with Gasteiger partial charge in [0, 0.05) is 27.2 Å². The first kappa shape index (κ1) is 18.6. The van der Waals surface area contributed by atoms with Gasteiger partial charge < -0.3 is 10.3 Å². The SMILES string of the molecule is CCCNc1nnc(SCc2nc3scc(-c4ccc(C)s4)c3c(=O)[nH]2)s1.